The van der Waals surface area contributed by atoms with E-state index in [1.165, 1.54) is 58.3 Å². The molecule has 0 spiro atoms. The number of nitrogens with one attached hydrogen (secondary N) is 1. The van der Waals surface area contributed by atoms with Gasteiger partial charge >= 0.3 is 0 Å². The summed E-state index contributed by atoms with van der Waals surface area (Å²) < 4.78 is 0. The smallest absolute Gasteiger partial charge is 0.0140 e. The Kier molecular flexibility index (Phi) is 5.27. The van der Waals surface area contributed by atoms with Crippen LogP contribution in [0.15, 0.2) is 0 Å². The topological polar surface area (TPSA) is 18.5 Å². The number of rotatable bonds is 4. The molecule has 0 saturated carbocycles. The third-order valence-electron chi connectivity index (χ3n) is 5.18. The average molecular weight is 267 g/mol. The summed E-state index contributed by atoms with van der Waals surface area (Å²) in [4.78, 5) is 5.09. The zero-order valence-electron chi connectivity index (χ0n) is 13.4. The van der Waals surface area contributed by atoms with Crippen LogP contribution in [0.1, 0.15) is 46.0 Å². The van der Waals surface area contributed by atoms with Crippen LogP contribution in [-0.4, -0.2) is 61.7 Å². The highest BCUT2D eigenvalue weighted by molar-refractivity contribution is 4.90. The molecule has 0 aliphatic carbocycles. The van der Waals surface area contributed by atoms with Crippen LogP contribution in [0.5, 0.6) is 0 Å². The third-order valence-corrected chi connectivity index (χ3v) is 5.18. The molecular weight excluding hydrogens is 234 g/mol. The zero-order valence-corrected chi connectivity index (χ0v) is 13.4. The van der Waals surface area contributed by atoms with E-state index in [9.17, 15) is 0 Å². The van der Waals surface area contributed by atoms with Crippen LogP contribution in [0.4, 0.5) is 0 Å². The minimum absolute atomic E-state index is 0.324. The molecule has 0 radical (unpaired) electrons. The highest BCUT2D eigenvalue weighted by atomic mass is 15.2. The second-order valence-corrected chi connectivity index (χ2v) is 7.47. The van der Waals surface area contributed by atoms with Crippen LogP contribution in [-0.2, 0) is 0 Å². The molecule has 0 amide bonds. The van der Waals surface area contributed by atoms with Crippen molar-refractivity contribution in [3.05, 3.63) is 0 Å². The van der Waals surface area contributed by atoms with E-state index in [-0.39, 0.29) is 0 Å². The number of hydrogen-bond acceptors (Lipinski definition) is 3. The lowest BCUT2D eigenvalue weighted by Crippen LogP contribution is -2.52. The van der Waals surface area contributed by atoms with Crippen molar-refractivity contribution in [2.24, 2.45) is 5.92 Å². The lowest BCUT2D eigenvalue weighted by Gasteiger charge is -2.41. The van der Waals surface area contributed by atoms with Gasteiger partial charge in [0.15, 0.2) is 0 Å². The second-order valence-electron chi connectivity index (χ2n) is 7.47. The van der Waals surface area contributed by atoms with Gasteiger partial charge in [0.05, 0.1) is 0 Å². The van der Waals surface area contributed by atoms with E-state index >= 15 is 0 Å². The minimum atomic E-state index is 0.324. The molecule has 19 heavy (non-hydrogen) atoms. The van der Waals surface area contributed by atoms with Gasteiger partial charge in [0.2, 0.25) is 0 Å². The standard InChI is InChI=1S/C16H33N3/c1-16(2)13-15(5-9-17-16)19(4)12-8-14-6-10-18(3)11-7-14/h14-15,17H,5-13H2,1-4H3. The summed E-state index contributed by atoms with van der Waals surface area (Å²) in [6.07, 6.45) is 6.81. The van der Waals surface area contributed by atoms with E-state index in [4.69, 9.17) is 0 Å². The largest absolute Gasteiger partial charge is 0.312 e. The highest BCUT2D eigenvalue weighted by Crippen LogP contribution is 2.24. The maximum Gasteiger partial charge on any atom is 0.0140 e. The van der Waals surface area contributed by atoms with Gasteiger partial charge in [0.25, 0.3) is 0 Å². The predicted molar refractivity (Wildman–Crippen MR) is 82.6 cm³/mol. The normalized spacial score (nSPS) is 29.8. The lowest BCUT2D eigenvalue weighted by atomic mass is 9.88. The molecule has 3 nitrogen and oxygen atoms in total. The van der Waals surface area contributed by atoms with Crippen LogP contribution in [0.2, 0.25) is 0 Å². The summed E-state index contributed by atoms with van der Waals surface area (Å²) >= 11 is 0. The number of likely N-dealkylation sites (tertiary alicyclic amines) is 1. The van der Waals surface area contributed by atoms with Crippen LogP contribution in [0.3, 0.4) is 0 Å². The monoisotopic (exact) mass is 267 g/mol. The van der Waals surface area contributed by atoms with Gasteiger partial charge in [0, 0.05) is 11.6 Å². The van der Waals surface area contributed by atoms with Crippen molar-refractivity contribution in [1.29, 1.82) is 0 Å². The summed E-state index contributed by atoms with van der Waals surface area (Å²) in [5, 5.41) is 3.62. The van der Waals surface area contributed by atoms with Crippen LogP contribution < -0.4 is 5.32 Å². The third kappa shape index (κ3) is 4.73. The maximum absolute atomic E-state index is 3.62. The molecular formula is C16H33N3. The van der Waals surface area contributed by atoms with E-state index in [0.29, 0.717) is 5.54 Å². The first-order valence-electron chi connectivity index (χ1n) is 8.10. The molecule has 2 rings (SSSR count). The van der Waals surface area contributed by atoms with Crippen LogP contribution >= 0.6 is 0 Å². The molecule has 1 unspecified atom stereocenters. The SMILES string of the molecule is CN1CCC(CCN(C)C2CCNC(C)(C)C2)CC1. The Balaban J connectivity index is 1.70. The van der Waals surface area contributed by atoms with Crippen LogP contribution in [0, 0.1) is 5.92 Å². The summed E-state index contributed by atoms with van der Waals surface area (Å²) in [6.45, 7) is 9.74. The molecule has 112 valence electrons. The Morgan fingerprint density at radius 3 is 2.53 bits per heavy atom. The highest BCUT2D eigenvalue weighted by Gasteiger charge is 2.29. The van der Waals surface area contributed by atoms with E-state index in [0.717, 1.165) is 12.0 Å². The molecule has 2 aliphatic heterocycles. The molecule has 0 aromatic carbocycles. The lowest BCUT2D eigenvalue weighted by molar-refractivity contribution is 0.128. The van der Waals surface area contributed by atoms with Gasteiger partial charge in [-0.05, 0) is 92.1 Å². The van der Waals surface area contributed by atoms with Gasteiger partial charge in [-0.1, -0.05) is 0 Å². The van der Waals surface area contributed by atoms with Crippen molar-refractivity contribution in [3.63, 3.8) is 0 Å². The first-order chi connectivity index (χ1) is 8.96. The average Bonchev–Trinajstić information content (AvgIpc) is 2.36. The van der Waals surface area contributed by atoms with Gasteiger partial charge in [0.1, 0.15) is 0 Å². The van der Waals surface area contributed by atoms with E-state index in [1.807, 2.05) is 0 Å². The Bertz CT molecular complexity index is 269. The Labute approximate surface area is 119 Å². The van der Waals surface area contributed by atoms with Crippen molar-refractivity contribution in [2.75, 3.05) is 40.3 Å². The van der Waals surface area contributed by atoms with Crippen molar-refractivity contribution < 1.29 is 0 Å². The van der Waals surface area contributed by atoms with E-state index in [2.05, 4.69) is 43.1 Å². The Morgan fingerprint density at radius 1 is 1.21 bits per heavy atom. The summed E-state index contributed by atoms with van der Waals surface area (Å²) in [7, 11) is 4.58. The van der Waals surface area contributed by atoms with Crippen LogP contribution in [0.25, 0.3) is 0 Å². The fourth-order valence-electron chi connectivity index (χ4n) is 3.64. The molecule has 0 aromatic heterocycles. The molecule has 2 heterocycles. The molecule has 2 fully saturated rings. The van der Waals surface area contributed by atoms with Gasteiger partial charge in [-0.25, -0.2) is 0 Å². The van der Waals surface area contributed by atoms with E-state index in [1.54, 1.807) is 0 Å². The minimum Gasteiger partial charge on any atom is -0.312 e. The summed E-state index contributed by atoms with van der Waals surface area (Å²) in [5.74, 6) is 0.966. The van der Waals surface area contributed by atoms with Crippen molar-refractivity contribution in [3.8, 4) is 0 Å². The zero-order chi connectivity index (χ0) is 13.9. The van der Waals surface area contributed by atoms with Gasteiger partial charge < -0.3 is 15.1 Å². The van der Waals surface area contributed by atoms with E-state index < -0.39 is 0 Å². The Hall–Kier alpha value is -0.120. The van der Waals surface area contributed by atoms with Crippen molar-refractivity contribution in [1.82, 2.24) is 15.1 Å². The first-order valence-corrected chi connectivity index (χ1v) is 8.10. The molecule has 1 atom stereocenters. The molecule has 3 heteroatoms. The summed E-state index contributed by atoms with van der Waals surface area (Å²) in [6, 6.07) is 0.780. The molecule has 1 N–H and O–H groups in total. The number of nitrogens with zero attached hydrogens (tertiary/aromatic N) is 2. The molecule has 2 aliphatic rings. The predicted octanol–water partition coefficient (Wildman–Crippen LogP) is 2.18. The maximum atomic E-state index is 3.62. The van der Waals surface area contributed by atoms with Crippen molar-refractivity contribution in [2.45, 2.75) is 57.5 Å². The first kappa shape index (κ1) is 15.3. The van der Waals surface area contributed by atoms with Crippen molar-refractivity contribution >= 4 is 0 Å². The fourth-order valence-corrected chi connectivity index (χ4v) is 3.64. The summed E-state index contributed by atoms with van der Waals surface area (Å²) in [5.41, 5.74) is 0.324. The van der Waals surface area contributed by atoms with Gasteiger partial charge in [-0.2, -0.15) is 0 Å². The number of piperidine rings is 2. The number of hydrogen-bond donors (Lipinski definition) is 1. The fraction of sp³-hybridized carbons (Fsp3) is 1.00. The van der Waals surface area contributed by atoms with Gasteiger partial charge in [-0.3, -0.25) is 0 Å². The quantitative estimate of drug-likeness (QED) is 0.842. The molecule has 0 bridgehead atoms. The second kappa shape index (κ2) is 6.55. The van der Waals surface area contributed by atoms with Gasteiger partial charge in [-0.15, -0.1) is 0 Å². The Morgan fingerprint density at radius 2 is 1.89 bits per heavy atom. The molecule has 2 saturated heterocycles. The molecule has 0 aromatic rings.